The first kappa shape index (κ1) is 18.0. The van der Waals surface area contributed by atoms with Gasteiger partial charge in [-0.15, -0.1) is 0 Å². The molecule has 5 nitrogen and oxygen atoms in total. The highest BCUT2D eigenvalue weighted by molar-refractivity contribution is 5.88. The van der Waals surface area contributed by atoms with Crippen molar-refractivity contribution in [1.29, 1.82) is 0 Å². The first-order chi connectivity index (χ1) is 12.5. The summed E-state index contributed by atoms with van der Waals surface area (Å²) in [6.07, 6.45) is 0.349. The lowest BCUT2D eigenvalue weighted by molar-refractivity contribution is -0.144. The van der Waals surface area contributed by atoms with Crippen LogP contribution in [-0.2, 0) is 23.0 Å². The predicted molar refractivity (Wildman–Crippen MR) is 102 cm³/mol. The third-order valence-electron chi connectivity index (χ3n) is 4.40. The van der Waals surface area contributed by atoms with Gasteiger partial charge in [-0.25, -0.2) is 0 Å². The predicted octanol–water partition coefficient (Wildman–Crippen LogP) is 3.71. The number of benzene rings is 2. The molecule has 0 spiro atoms. The van der Waals surface area contributed by atoms with Crippen LogP contribution < -0.4 is 10.5 Å². The summed E-state index contributed by atoms with van der Waals surface area (Å²) in [7, 11) is 1.95. The lowest BCUT2D eigenvalue weighted by Crippen LogP contribution is -2.34. The third kappa shape index (κ3) is 3.58. The van der Waals surface area contributed by atoms with Crippen LogP contribution in [0.4, 0.5) is 0 Å². The van der Waals surface area contributed by atoms with Crippen molar-refractivity contribution in [1.82, 2.24) is 4.57 Å². The van der Waals surface area contributed by atoms with Gasteiger partial charge in [0.05, 0.1) is 12.1 Å². The van der Waals surface area contributed by atoms with Gasteiger partial charge >= 0.3 is 5.97 Å². The molecule has 0 aliphatic heterocycles. The zero-order valence-electron chi connectivity index (χ0n) is 15.4. The molecule has 3 rings (SSSR count). The van der Waals surface area contributed by atoms with Crippen LogP contribution in [0.5, 0.6) is 11.6 Å². The summed E-state index contributed by atoms with van der Waals surface area (Å²) in [6, 6.07) is 15.1. The van der Waals surface area contributed by atoms with Crippen LogP contribution in [0.1, 0.15) is 18.1 Å². The fraction of sp³-hybridized carbons (Fsp3) is 0.286. The van der Waals surface area contributed by atoms with Crippen LogP contribution in [0.2, 0.25) is 0 Å². The molecular formula is C21H24N2O3. The van der Waals surface area contributed by atoms with Gasteiger partial charge in [-0.05, 0) is 32.0 Å². The van der Waals surface area contributed by atoms with Crippen LogP contribution in [0.15, 0.2) is 48.5 Å². The zero-order valence-corrected chi connectivity index (χ0v) is 15.4. The molecule has 0 aliphatic rings. The zero-order chi connectivity index (χ0) is 18.7. The fourth-order valence-corrected chi connectivity index (χ4v) is 3.05. The molecule has 0 saturated heterocycles. The summed E-state index contributed by atoms with van der Waals surface area (Å²) < 4.78 is 13.2. The van der Waals surface area contributed by atoms with Gasteiger partial charge in [-0.3, -0.25) is 4.79 Å². The smallest absolute Gasteiger partial charge is 0.323 e. The highest BCUT2D eigenvalue weighted by Crippen LogP contribution is 2.35. The molecule has 26 heavy (non-hydrogen) atoms. The molecule has 0 saturated carbocycles. The number of esters is 1. The summed E-state index contributed by atoms with van der Waals surface area (Å²) in [5.41, 5.74) is 9.18. The molecule has 136 valence electrons. The highest BCUT2D eigenvalue weighted by Gasteiger charge is 2.23. The van der Waals surface area contributed by atoms with Crippen molar-refractivity contribution in [2.45, 2.75) is 26.3 Å². The average molecular weight is 352 g/mol. The van der Waals surface area contributed by atoms with E-state index >= 15 is 0 Å². The van der Waals surface area contributed by atoms with E-state index in [0.29, 0.717) is 18.9 Å². The second-order valence-corrected chi connectivity index (χ2v) is 6.34. The number of aryl methyl sites for hydroxylation is 2. The molecule has 3 aromatic rings. The summed E-state index contributed by atoms with van der Waals surface area (Å²) in [4.78, 5) is 12.0. The molecule has 1 heterocycles. The van der Waals surface area contributed by atoms with E-state index in [-0.39, 0.29) is 0 Å². The maximum atomic E-state index is 12.0. The number of nitrogens with zero attached hydrogens (tertiary/aromatic N) is 1. The van der Waals surface area contributed by atoms with Gasteiger partial charge in [-0.1, -0.05) is 35.9 Å². The maximum Gasteiger partial charge on any atom is 0.323 e. The van der Waals surface area contributed by atoms with E-state index in [1.165, 1.54) is 5.56 Å². The summed E-state index contributed by atoms with van der Waals surface area (Å²) in [5.74, 6) is 1.03. The Kier molecular flexibility index (Phi) is 5.28. The van der Waals surface area contributed by atoms with Crippen molar-refractivity contribution in [2.24, 2.45) is 12.8 Å². The van der Waals surface area contributed by atoms with E-state index in [2.05, 4.69) is 0 Å². The minimum Gasteiger partial charge on any atom is -0.465 e. The van der Waals surface area contributed by atoms with E-state index in [9.17, 15) is 4.79 Å². The molecule has 1 aromatic heterocycles. The van der Waals surface area contributed by atoms with Crippen molar-refractivity contribution in [3.8, 4) is 11.6 Å². The minimum absolute atomic E-state index is 0.314. The lowest BCUT2D eigenvalue weighted by atomic mass is 10.1. The van der Waals surface area contributed by atoms with Crippen LogP contribution in [0, 0.1) is 6.92 Å². The molecule has 0 bridgehead atoms. The molecule has 2 N–H and O–H groups in total. The van der Waals surface area contributed by atoms with Crippen molar-refractivity contribution >= 4 is 16.9 Å². The van der Waals surface area contributed by atoms with Crippen molar-refractivity contribution in [2.75, 3.05) is 6.61 Å². The van der Waals surface area contributed by atoms with Gasteiger partial charge in [0.2, 0.25) is 5.88 Å². The average Bonchev–Trinajstić information content (AvgIpc) is 2.90. The molecule has 0 aliphatic carbocycles. The number of hydrogen-bond acceptors (Lipinski definition) is 4. The van der Waals surface area contributed by atoms with E-state index < -0.39 is 12.0 Å². The quantitative estimate of drug-likeness (QED) is 0.687. The number of nitrogens with two attached hydrogens (primary N) is 1. The number of carbonyl (C=O) groups is 1. The first-order valence-corrected chi connectivity index (χ1v) is 8.74. The van der Waals surface area contributed by atoms with Crippen LogP contribution in [0.3, 0.4) is 0 Å². The van der Waals surface area contributed by atoms with E-state index in [0.717, 1.165) is 22.2 Å². The summed E-state index contributed by atoms with van der Waals surface area (Å²) >= 11 is 0. The number of aromatic nitrogens is 1. The SMILES string of the molecule is CCOC(=O)C(N)Cc1c(Oc2ccc(C)cc2)n(C)c2ccccc12. The Morgan fingerprint density at radius 1 is 1.15 bits per heavy atom. The minimum atomic E-state index is -0.735. The second kappa shape index (κ2) is 7.62. The van der Waals surface area contributed by atoms with Crippen molar-refractivity contribution in [3.05, 3.63) is 59.7 Å². The molecule has 1 unspecified atom stereocenters. The van der Waals surface area contributed by atoms with Crippen molar-refractivity contribution in [3.63, 3.8) is 0 Å². The topological polar surface area (TPSA) is 66.5 Å². The van der Waals surface area contributed by atoms with Crippen LogP contribution in [0.25, 0.3) is 10.9 Å². The van der Waals surface area contributed by atoms with E-state index in [4.69, 9.17) is 15.2 Å². The second-order valence-electron chi connectivity index (χ2n) is 6.34. The summed E-state index contributed by atoms with van der Waals surface area (Å²) in [5, 5.41) is 1.02. The number of para-hydroxylation sites is 1. The largest absolute Gasteiger partial charge is 0.465 e. The number of ether oxygens (including phenoxy) is 2. The van der Waals surface area contributed by atoms with Crippen LogP contribution in [-0.4, -0.2) is 23.2 Å². The molecule has 1 atom stereocenters. The number of carbonyl (C=O) groups excluding carboxylic acids is 1. The Labute approximate surface area is 153 Å². The Bertz CT molecular complexity index is 913. The van der Waals surface area contributed by atoms with Gasteiger partial charge in [0.15, 0.2) is 0 Å². The van der Waals surface area contributed by atoms with Gasteiger partial charge in [-0.2, -0.15) is 0 Å². The Morgan fingerprint density at radius 2 is 1.85 bits per heavy atom. The first-order valence-electron chi connectivity index (χ1n) is 8.74. The summed E-state index contributed by atoms with van der Waals surface area (Å²) in [6.45, 7) is 4.12. The molecule has 2 aromatic carbocycles. The standard InChI is InChI=1S/C21H24N2O3/c1-4-25-21(24)18(22)13-17-16-7-5-6-8-19(16)23(3)20(17)26-15-11-9-14(2)10-12-15/h5-12,18H,4,13,22H2,1-3H3. The molecule has 5 heteroatoms. The van der Waals surface area contributed by atoms with Gasteiger partial charge in [0, 0.05) is 24.4 Å². The number of fused-ring (bicyclic) bond motifs is 1. The van der Waals surface area contributed by atoms with E-state index in [1.54, 1.807) is 6.92 Å². The Hall–Kier alpha value is -2.79. The Morgan fingerprint density at radius 3 is 2.54 bits per heavy atom. The van der Waals surface area contributed by atoms with Gasteiger partial charge in [0.25, 0.3) is 0 Å². The lowest BCUT2D eigenvalue weighted by Gasteiger charge is -2.13. The molecule has 0 radical (unpaired) electrons. The third-order valence-corrected chi connectivity index (χ3v) is 4.40. The van der Waals surface area contributed by atoms with Crippen molar-refractivity contribution < 1.29 is 14.3 Å². The Balaban J connectivity index is 2.01. The van der Waals surface area contributed by atoms with Gasteiger partial charge in [0.1, 0.15) is 11.8 Å². The fourth-order valence-electron chi connectivity index (χ4n) is 3.05. The van der Waals surface area contributed by atoms with Crippen LogP contribution >= 0.6 is 0 Å². The monoisotopic (exact) mass is 352 g/mol. The number of rotatable bonds is 6. The van der Waals surface area contributed by atoms with E-state index in [1.807, 2.05) is 67.1 Å². The molecule has 0 fully saturated rings. The molecule has 0 amide bonds. The molecular weight excluding hydrogens is 328 g/mol. The normalized spacial score (nSPS) is 12.2. The van der Waals surface area contributed by atoms with Gasteiger partial charge < -0.3 is 19.8 Å². The maximum absolute atomic E-state index is 12.0. The number of hydrogen-bond donors (Lipinski definition) is 1. The highest BCUT2D eigenvalue weighted by atomic mass is 16.5.